The summed E-state index contributed by atoms with van der Waals surface area (Å²) < 4.78 is 0. The van der Waals surface area contributed by atoms with Gasteiger partial charge in [0.2, 0.25) is 5.91 Å². The fourth-order valence-electron chi connectivity index (χ4n) is 1.71. The molecule has 19 heavy (non-hydrogen) atoms. The first-order valence-corrected chi connectivity index (χ1v) is 5.82. The first kappa shape index (κ1) is 13.0. The Kier molecular flexibility index (Phi) is 4.04. The summed E-state index contributed by atoms with van der Waals surface area (Å²) in [5, 5.41) is 8.59. The molecule has 2 rings (SSSR count). The molecule has 0 spiro atoms. The molecule has 1 amide bonds. The minimum Gasteiger partial charge on any atom is -0.329 e. The van der Waals surface area contributed by atoms with Gasteiger partial charge in [0.15, 0.2) is 5.82 Å². The van der Waals surface area contributed by atoms with Crippen LogP contribution in [0.2, 0.25) is 0 Å². The van der Waals surface area contributed by atoms with Gasteiger partial charge < -0.3 is 11.1 Å². The highest BCUT2D eigenvalue weighted by atomic mass is 16.2. The van der Waals surface area contributed by atoms with Gasteiger partial charge in [-0.1, -0.05) is 30.3 Å². The number of benzene rings is 1. The topological polar surface area (TPSA) is 101 Å². The number of hydrogen-bond donors (Lipinski definition) is 3. The van der Waals surface area contributed by atoms with E-state index in [2.05, 4.69) is 15.5 Å². The summed E-state index contributed by atoms with van der Waals surface area (Å²) in [7, 11) is 0. The van der Waals surface area contributed by atoms with Gasteiger partial charge in [-0.3, -0.25) is 9.59 Å². The summed E-state index contributed by atoms with van der Waals surface area (Å²) >= 11 is 0. The molecule has 1 aromatic heterocycles. The van der Waals surface area contributed by atoms with Crippen LogP contribution in [0.5, 0.6) is 0 Å². The molecule has 6 heteroatoms. The van der Waals surface area contributed by atoms with Gasteiger partial charge in [-0.15, -0.1) is 0 Å². The SMILES string of the molecule is NCC(C(=O)Nc1ccc(=O)[nH]n1)c1ccccc1. The van der Waals surface area contributed by atoms with Crippen LogP contribution in [-0.2, 0) is 4.79 Å². The second-order valence-corrected chi connectivity index (χ2v) is 3.99. The molecule has 2 aromatic rings. The van der Waals surface area contributed by atoms with Gasteiger partial charge in [-0.25, -0.2) is 5.10 Å². The van der Waals surface area contributed by atoms with Gasteiger partial charge in [-0.05, 0) is 11.6 Å². The van der Waals surface area contributed by atoms with Crippen LogP contribution < -0.4 is 16.6 Å². The molecule has 1 aromatic carbocycles. The first-order valence-electron chi connectivity index (χ1n) is 5.82. The van der Waals surface area contributed by atoms with Crippen LogP contribution in [0.1, 0.15) is 11.5 Å². The maximum absolute atomic E-state index is 12.1. The maximum Gasteiger partial charge on any atom is 0.264 e. The van der Waals surface area contributed by atoms with E-state index in [0.717, 1.165) is 5.56 Å². The number of aromatic nitrogens is 2. The Morgan fingerprint density at radius 2 is 2.00 bits per heavy atom. The van der Waals surface area contributed by atoms with E-state index in [0.29, 0.717) is 5.82 Å². The Balaban J connectivity index is 2.13. The number of carbonyl (C=O) groups is 1. The Bertz CT molecular complexity index is 589. The number of nitrogens with zero attached hydrogens (tertiary/aromatic N) is 1. The lowest BCUT2D eigenvalue weighted by molar-refractivity contribution is -0.117. The smallest absolute Gasteiger partial charge is 0.264 e. The molecule has 0 radical (unpaired) electrons. The Morgan fingerprint density at radius 3 is 2.58 bits per heavy atom. The fourth-order valence-corrected chi connectivity index (χ4v) is 1.71. The van der Waals surface area contributed by atoms with E-state index in [1.807, 2.05) is 30.3 Å². The lowest BCUT2D eigenvalue weighted by Gasteiger charge is -2.14. The number of amides is 1. The third-order valence-corrected chi connectivity index (χ3v) is 2.68. The summed E-state index contributed by atoms with van der Waals surface area (Å²) in [4.78, 5) is 23.0. The zero-order valence-corrected chi connectivity index (χ0v) is 10.2. The number of anilines is 1. The number of carbonyl (C=O) groups excluding carboxylic acids is 1. The van der Waals surface area contributed by atoms with Gasteiger partial charge in [0.25, 0.3) is 5.56 Å². The molecule has 6 nitrogen and oxygen atoms in total. The Labute approximate surface area is 109 Å². The van der Waals surface area contributed by atoms with Crippen LogP contribution in [0.4, 0.5) is 5.82 Å². The second-order valence-electron chi connectivity index (χ2n) is 3.99. The highest BCUT2D eigenvalue weighted by Gasteiger charge is 2.19. The quantitative estimate of drug-likeness (QED) is 0.741. The van der Waals surface area contributed by atoms with Gasteiger partial charge >= 0.3 is 0 Å². The third-order valence-electron chi connectivity index (χ3n) is 2.68. The van der Waals surface area contributed by atoms with Crippen LogP contribution in [0, 0.1) is 0 Å². The molecule has 1 atom stereocenters. The molecule has 98 valence electrons. The van der Waals surface area contributed by atoms with Crippen LogP contribution >= 0.6 is 0 Å². The highest BCUT2D eigenvalue weighted by molar-refractivity contribution is 5.95. The number of nitrogens with one attached hydrogen (secondary N) is 2. The van der Waals surface area contributed by atoms with E-state index < -0.39 is 5.92 Å². The van der Waals surface area contributed by atoms with Gasteiger partial charge in [0.05, 0.1) is 5.92 Å². The predicted molar refractivity (Wildman–Crippen MR) is 71.7 cm³/mol. The van der Waals surface area contributed by atoms with Crippen molar-refractivity contribution in [2.24, 2.45) is 5.73 Å². The van der Waals surface area contributed by atoms with Crippen LogP contribution in [-0.4, -0.2) is 22.6 Å². The summed E-state index contributed by atoms with van der Waals surface area (Å²) in [5.74, 6) is -0.415. The highest BCUT2D eigenvalue weighted by Crippen LogP contribution is 2.15. The van der Waals surface area contributed by atoms with Crippen molar-refractivity contribution in [2.45, 2.75) is 5.92 Å². The fraction of sp³-hybridized carbons (Fsp3) is 0.154. The minimum atomic E-state index is -0.449. The van der Waals surface area contributed by atoms with E-state index >= 15 is 0 Å². The average molecular weight is 258 g/mol. The normalized spacial score (nSPS) is 11.8. The molecular formula is C13H14N4O2. The minimum absolute atomic E-state index is 0.194. The second kappa shape index (κ2) is 5.92. The van der Waals surface area contributed by atoms with Crippen LogP contribution in [0.15, 0.2) is 47.3 Å². The summed E-state index contributed by atoms with van der Waals surface area (Å²) in [5.41, 5.74) is 6.16. The molecule has 0 aliphatic heterocycles. The third kappa shape index (κ3) is 3.26. The van der Waals surface area contributed by atoms with Crippen molar-refractivity contribution in [3.05, 3.63) is 58.4 Å². The predicted octanol–water partition coefficient (Wildman–Crippen LogP) is 0.451. The molecule has 0 fully saturated rings. The average Bonchev–Trinajstić information content (AvgIpc) is 2.43. The zero-order valence-electron chi connectivity index (χ0n) is 10.2. The lowest BCUT2D eigenvalue weighted by Crippen LogP contribution is -2.28. The summed E-state index contributed by atoms with van der Waals surface area (Å²) in [6.07, 6.45) is 0. The Morgan fingerprint density at radius 1 is 1.26 bits per heavy atom. The van der Waals surface area contributed by atoms with Crippen molar-refractivity contribution in [2.75, 3.05) is 11.9 Å². The standard InChI is InChI=1S/C13H14N4O2/c14-8-10(9-4-2-1-3-5-9)13(19)15-11-6-7-12(18)17-16-11/h1-7,10H,8,14H2,(H,17,18)(H,15,16,19). The van der Waals surface area contributed by atoms with Crippen molar-refractivity contribution in [1.82, 2.24) is 10.2 Å². The summed E-state index contributed by atoms with van der Waals surface area (Å²) in [6, 6.07) is 12.0. The molecule has 0 saturated carbocycles. The number of aromatic amines is 1. The van der Waals surface area contributed by atoms with Gasteiger partial charge in [-0.2, -0.15) is 5.10 Å². The zero-order chi connectivity index (χ0) is 13.7. The molecular weight excluding hydrogens is 244 g/mol. The largest absolute Gasteiger partial charge is 0.329 e. The van der Waals surface area contributed by atoms with Gasteiger partial charge in [0.1, 0.15) is 0 Å². The molecule has 1 unspecified atom stereocenters. The molecule has 0 aliphatic rings. The van der Waals surface area contributed by atoms with E-state index in [-0.39, 0.29) is 18.0 Å². The van der Waals surface area contributed by atoms with Crippen molar-refractivity contribution in [1.29, 1.82) is 0 Å². The first-order chi connectivity index (χ1) is 9.20. The number of H-pyrrole nitrogens is 1. The summed E-state index contributed by atoms with van der Waals surface area (Å²) in [6.45, 7) is 0.194. The molecule has 0 bridgehead atoms. The molecule has 4 N–H and O–H groups in total. The van der Waals surface area contributed by atoms with E-state index in [4.69, 9.17) is 5.73 Å². The molecule has 0 aliphatic carbocycles. The van der Waals surface area contributed by atoms with E-state index in [1.54, 1.807) is 0 Å². The monoisotopic (exact) mass is 258 g/mol. The molecule has 0 saturated heterocycles. The van der Waals surface area contributed by atoms with Crippen molar-refractivity contribution in [3.63, 3.8) is 0 Å². The number of hydrogen-bond acceptors (Lipinski definition) is 4. The van der Waals surface area contributed by atoms with Gasteiger partial charge in [0, 0.05) is 12.6 Å². The molecule has 1 heterocycles. The lowest BCUT2D eigenvalue weighted by atomic mass is 9.98. The Hall–Kier alpha value is -2.47. The number of rotatable bonds is 4. The van der Waals surface area contributed by atoms with E-state index in [9.17, 15) is 9.59 Å². The van der Waals surface area contributed by atoms with Crippen LogP contribution in [0.3, 0.4) is 0 Å². The maximum atomic E-state index is 12.1. The van der Waals surface area contributed by atoms with Crippen LogP contribution in [0.25, 0.3) is 0 Å². The van der Waals surface area contributed by atoms with E-state index in [1.165, 1.54) is 12.1 Å². The van der Waals surface area contributed by atoms with Crippen molar-refractivity contribution >= 4 is 11.7 Å². The number of nitrogens with two attached hydrogens (primary N) is 1. The van der Waals surface area contributed by atoms with Crippen molar-refractivity contribution < 1.29 is 4.79 Å². The van der Waals surface area contributed by atoms with Crippen molar-refractivity contribution in [3.8, 4) is 0 Å².